The van der Waals surface area contributed by atoms with Gasteiger partial charge in [-0.15, -0.1) is 0 Å². The van der Waals surface area contributed by atoms with Crippen LogP contribution in [0.2, 0.25) is 0 Å². The van der Waals surface area contributed by atoms with Crippen molar-refractivity contribution in [3.05, 3.63) is 24.3 Å². The number of hydrogen-bond acceptors (Lipinski definition) is 4. The number of likely N-dealkylation sites (tertiary alicyclic amines) is 1. The SMILES string of the molecule is CCOC(=O)[C@@H]1CCC[NH+](CC(=O)Nc2ccc(N3CC[NH+](CC)CC3)cc2)C1. The molecule has 1 aromatic carbocycles. The van der Waals surface area contributed by atoms with Crippen molar-refractivity contribution >= 4 is 23.3 Å². The number of carbonyl (C=O) groups is 2. The molecule has 7 heteroatoms. The summed E-state index contributed by atoms with van der Waals surface area (Å²) in [6, 6.07) is 8.16. The third-order valence-electron chi connectivity index (χ3n) is 6.14. The molecule has 3 rings (SSSR count). The van der Waals surface area contributed by atoms with Crippen LogP contribution in [0.1, 0.15) is 26.7 Å². The van der Waals surface area contributed by atoms with Crippen LogP contribution in [0.15, 0.2) is 24.3 Å². The smallest absolute Gasteiger partial charge is 0.314 e. The number of nitrogens with one attached hydrogen (secondary N) is 3. The second kappa shape index (κ2) is 10.6. The number of piperidine rings is 1. The van der Waals surface area contributed by atoms with E-state index < -0.39 is 0 Å². The molecule has 0 aliphatic carbocycles. The highest BCUT2D eigenvalue weighted by molar-refractivity contribution is 5.91. The first-order chi connectivity index (χ1) is 14.1. The Kier molecular flexibility index (Phi) is 7.89. The fourth-order valence-electron chi connectivity index (χ4n) is 4.40. The van der Waals surface area contributed by atoms with Crippen LogP contribution in [-0.2, 0) is 14.3 Å². The van der Waals surface area contributed by atoms with Crippen molar-refractivity contribution in [2.24, 2.45) is 5.92 Å². The maximum absolute atomic E-state index is 12.5. The highest BCUT2D eigenvalue weighted by Gasteiger charge is 2.30. The Morgan fingerprint density at radius 3 is 2.48 bits per heavy atom. The van der Waals surface area contributed by atoms with E-state index in [-0.39, 0.29) is 17.8 Å². The minimum absolute atomic E-state index is 0.00239. The Morgan fingerprint density at radius 1 is 1.10 bits per heavy atom. The van der Waals surface area contributed by atoms with Gasteiger partial charge in [-0.3, -0.25) is 9.59 Å². The number of rotatable bonds is 7. The van der Waals surface area contributed by atoms with Crippen LogP contribution in [-0.4, -0.2) is 70.8 Å². The summed E-state index contributed by atoms with van der Waals surface area (Å²) in [7, 11) is 0. The van der Waals surface area contributed by atoms with E-state index >= 15 is 0 Å². The summed E-state index contributed by atoms with van der Waals surface area (Å²) in [4.78, 5) is 29.7. The maximum Gasteiger partial charge on any atom is 0.314 e. The number of benzene rings is 1. The van der Waals surface area contributed by atoms with Gasteiger partial charge in [-0.05, 0) is 51.0 Å². The molecule has 160 valence electrons. The van der Waals surface area contributed by atoms with Gasteiger partial charge in [-0.2, -0.15) is 0 Å². The molecule has 3 N–H and O–H groups in total. The number of carbonyl (C=O) groups excluding carboxylic acids is 2. The molecule has 2 atom stereocenters. The lowest BCUT2D eigenvalue weighted by atomic mass is 9.98. The zero-order chi connectivity index (χ0) is 20.6. The van der Waals surface area contributed by atoms with Crippen LogP contribution in [0, 0.1) is 5.92 Å². The zero-order valence-corrected chi connectivity index (χ0v) is 17.8. The van der Waals surface area contributed by atoms with Gasteiger partial charge in [-0.25, -0.2) is 0 Å². The number of ether oxygens (including phenoxy) is 1. The molecular weight excluding hydrogens is 368 g/mol. The number of piperazine rings is 1. The number of anilines is 2. The lowest BCUT2D eigenvalue weighted by Gasteiger charge is -2.33. The van der Waals surface area contributed by atoms with Crippen molar-refractivity contribution < 1.29 is 24.1 Å². The average Bonchev–Trinajstić information content (AvgIpc) is 2.75. The number of amides is 1. The summed E-state index contributed by atoms with van der Waals surface area (Å²) >= 11 is 0. The molecule has 0 spiro atoms. The number of esters is 1. The molecule has 2 aliphatic heterocycles. The van der Waals surface area contributed by atoms with E-state index in [4.69, 9.17) is 4.74 Å². The van der Waals surface area contributed by atoms with E-state index in [1.54, 1.807) is 4.90 Å². The van der Waals surface area contributed by atoms with Crippen molar-refractivity contribution in [1.29, 1.82) is 0 Å². The van der Waals surface area contributed by atoms with Gasteiger partial charge in [0.15, 0.2) is 6.54 Å². The molecule has 7 nitrogen and oxygen atoms in total. The fraction of sp³-hybridized carbons (Fsp3) is 0.636. The summed E-state index contributed by atoms with van der Waals surface area (Å²) in [6.07, 6.45) is 1.81. The zero-order valence-electron chi connectivity index (χ0n) is 17.8. The predicted octanol–water partition coefficient (Wildman–Crippen LogP) is -0.792. The first kappa shape index (κ1) is 21.6. The second-order valence-corrected chi connectivity index (χ2v) is 8.16. The Balaban J connectivity index is 1.46. The van der Waals surface area contributed by atoms with Crippen LogP contribution in [0.25, 0.3) is 0 Å². The molecule has 0 saturated carbocycles. The van der Waals surface area contributed by atoms with Gasteiger partial charge in [0.25, 0.3) is 5.91 Å². The van der Waals surface area contributed by atoms with Crippen LogP contribution in [0.4, 0.5) is 11.4 Å². The lowest BCUT2D eigenvalue weighted by molar-refractivity contribution is -0.899. The normalized spacial score (nSPS) is 22.9. The lowest BCUT2D eigenvalue weighted by Crippen LogP contribution is -3.14. The Bertz CT molecular complexity index is 671. The van der Waals surface area contributed by atoms with Crippen LogP contribution < -0.4 is 20.0 Å². The minimum Gasteiger partial charge on any atom is -0.466 e. The van der Waals surface area contributed by atoms with Crippen molar-refractivity contribution in [2.45, 2.75) is 26.7 Å². The molecule has 2 saturated heterocycles. The van der Waals surface area contributed by atoms with Crippen molar-refractivity contribution in [3.63, 3.8) is 0 Å². The highest BCUT2D eigenvalue weighted by Crippen LogP contribution is 2.18. The van der Waals surface area contributed by atoms with Crippen LogP contribution in [0.3, 0.4) is 0 Å². The van der Waals surface area contributed by atoms with Crippen molar-refractivity contribution in [2.75, 3.05) is 69.2 Å². The molecule has 2 aliphatic rings. The maximum atomic E-state index is 12.5. The molecule has 1 amide bonds. The Labute approximate surface area is 174 Å². The molecule has 1 aromatic rings. The summed E-state index contributed by atoms with van der Waals surface area (Å²) in [5, 5.41) is 3.01. The van der Waals surface area contributed by atoms with Gasteiger partial charge in [0.2, 0.25) is 0 Å². The third-order valence-corrected chi connectivity index (χ3v) is 6.14. The molecular formula is C22H36N4O3+2. The summed E-state index contributed by atoms with van der Waals surface area (Å²) in [5.41, 5.74) is 2.05. The molecule has 0 radical (unpaired) electrons. The Hall–Kier alpha value is -2.12. The Morgan fingerprint density at radius 2 is 1.83 bits per heavy atom. The topological polar surface area (TPSA) is 67.5 Å². The predicted molar refractivity (Wildman–Crippen MR) is 113 cm³/mol. The quantitative estimate of drug-likeness (QED) is 0.521. The first-order valence-corrected chi connectivity index (χ1v) is 11.1. The molecule has 0 aromatic heterocycles. The average molecular weight is 405 g/mol. The van der Waals surface area contributed by atoms with E-state index in [0.717, 1.165) is 43.1 Å². The summed E-state index contributed by atoms with van der Waals surface area (Å²) in [6.45, 7) is 12.2. The van der Waals surface area contributed by atoms with Crippen LogP contribution in [0.5, 0.6) is 0 Å². The van der Waals surface area contributed by atoms with E-state index in [1.165, 1.54) is 25.3 Å². The molecule has 1 unspecified atom stereocenters. The fourth-order valence-corrected chi connectivity index (χ4v) is 4.40. The minimum atomic E-state index is -0.123. The van der Waals surface area contributed by atoms with E-state index in [9.17, 15) is 9.59 Å². The number of likely N-dealkylation sites (N-methyl/N-ethyl adjacent to an activating group) is 1. The molecule has 0 bridgehead atoms. The van der Waals surface area contributed by atoms with E-state index in [0.29, 0.717) is 19.7 Å². The van der Waals surface area contributed by atoms with Gasteiger partial charge < -0.3 is 24.8 Å². The third kappa shape index (κ3) is 6.18. The number of quaternary nitrogens is 2. The first-order valence-electron chi connectivity index (χ1n) is 11.1. The van der Waals surface area contributed by atoms with Gasteiger partial charge >= 0.3 is 5.97 Å². The summed E-state index contributed by atoms with van der Waals surface area (Å²) < 4.78 is 5.15. The van der Waals surface area contributed by atoms with E-state index in [2.05, 4.69) is 29.3 Å². The molecule has 2 fully saturated rings. The van der Waals surface area contributed by atoms with Gasteiger partial charge in [-0.1, -0.05) is 0 Å². The highest BCUT2D eigenvalue weighted by atomic mass is 16.5. The standard InChI is InChI=1S/C22H34N4O3/c1-3-24-12-14-26(15-13-24)20-9-7-19(8-10-20)23-21(27)17-25-11-5-6-18(16-25)22(28)29-4-2/h7-10,18H,3-6,11-17H2,1-2H3,(H,23,27)/p+2/t18-/m1/s1. The van der Waals surface area contributed by atoms with Crippen molar-refractivity contribution in [3.8, 4) is 0 Å². The van der Waals surface area contributed by atoms with Gasteiger partial charge in [0, 0.05) is 11.4 Å². The van der Waals surface area contributed by atoms with Crippen LogP contribution >= 0.6 is 0 Å². The molecule has 2 heterocycles. The van der Waals surface area contributed by atoms with Gasteiger partial charge in [0.1, 0.15) is 5.92 Å². The summed E-state index contributed by atoms with van der Waals surface area (Å²) in [5.74, 6) is -0.208. The number of nitrogens with zero attached hydrogens (tertiary/aromatic N) is 1. The second-order valence-electron chi connectivity index (χ2n) is 8.16. The van der Waals surface area contributed by atoms with Crippen molar-refractivity contribution in [1.82, 2.24) is 0 Å². The largest absolute Gasteiger partial charge is 0.466 e. The molecule has 29 heavy (non-hydrogen) atoms. The van der Waals surface area contributed by atoms with E-state index in [1.807, 2.05) is 19.1 Å². The van der Waals surface area contributed by atoms with Gasteiger partial charge in [0.05, 0.1) is 52.4 Å². The monoisotopic (exact) mass is 404 g/mol. The number of hydrogen-bond donors (Lipinski definition) is 3.